The van der Waals surface area contributed by atoms with Crippen molar-refractivity contribution < 1.29 is 4.74 Å². The van der Waals surface area contributed by atoms with Crippen LogP contribution < -0.4 is 10.1 Å². The molecule has 1 aliphatic carbocycles. The highest BCUT2D eigenvalue weighted by atomic mass is 79.9. The van der Waals surface area contributed by atoms with Gasteiger partial charge >= 0.3 is 0 Å². The average Bonchev–Trinajstić information content (AvgIpc) is 2.93. The lowest BCUT2D eigenvalue weighted by molar-refractivity contribution is 0.414. The van der Waals surface area contributed by atoms with Gasteiger partial charge in [-0.25, -0.2) is 0 Å². The van der Waals surface area contributed by atoms with E-state index in [1.807, 2.05) is 12.1 Å². The lowest BCUT2D eigenvalue weighted by Gasteiger charge is -2.16. The summed E-state index contributed by atoms with van der Waals surface area (Å²) < 4.78 is 6.30. The monoisotopic (exact) mass is 283 g/mol. The molecule has 0 bridgehead atoms. The van der Waals surface area contributed by atoms with Gasteiger partial charge in [0.25, 0.3) is 0 Å². The smallest absolute Gasteiger partial charge is 0.120 e. The zero-order valence-corrected chi connectivity index (χ0v) is 11.5. The van der Waals surface area contributed by atoms with Crippen molar-refractivity contribution in [2.45, 2.75) is 32.4 Å². The molecule has 0 radical (unpaired) electrons. The Morgan fingerprint density at radius 2 is 2.19 bits per heavy atom. The predicted octanol–water partition coefficient (Wildman–Crippen LogP) is 3.52. The summed E-state index contributed by atoms with van der Waals surface area (Å²) in [6.45, 7) is 4.49. The number of ether oxygens (including phenoxy) is 1. The van der Waals surface area contributed by atoms with Crippen LogP contribution in [0.15, 0.2) is 22.7 Å². The molecule has 16 heavy (non-hydrogen) atoms. The largest absolute Gasteiger partial charge is 0.497 e. The molecule has 0 saturated heterocycles. The summed E-state index contributed by atoms with van der Waals surface area (Å²) >= 11 is 3.59. The van der Waals surface area contributed by atoms with E-state index in [2.05, 4.69) is 41.2 Å². The van der Waals surface area contributed by atoms with Gasteiger partial charge in [-0.1, -0.05) is 28.9 Å². The summed E-state index contributed by atoms with van der Waals surface area (Å²) in [6, 6.07) is 7.23. The van der Waals surface area contributed by atoms with Crippen LogP contribution in [-0.2, 0) is 0 Å². The molecule has 0 aliphatic heterocycles. The predicted molar refractivity (Wildman–Crippen MR) is 69.8 cm³/mol. The molecule has 1 N–H and O–H groups in total. The summed E-state index contributed by atoms with van der Waals surface area (Å²) in [5, 5.41) is 3.63. The third-order valence-corrected chi connectivity index (χ3v) is 3.93. The van der Waals surface area contributed by atoms with Gasteiger partial charge in [-0.3, -0.25) is 0 Å². The number of benzene rings is 1. The van der Waals surface area contributed by atoms with Gasteiger partial charge in [0.15, 0.2) is 0 Å². The number of nitrogens with one attached hydrogen (secondary N) is 1. The van der Waals surface area contributed by atoms with Crippen molar-refractivity contribution in [1.82, 2.24) is 5.32 Å². The molecule has 3 atom stereocenters. The van der Waals surface area contributed by atoms with Gasteiger partial charge in [-0.15, -0.1) is 0 Å². The Morgan fingerprint density at radius 3 is 2.69 bits per heavy atom. The van der Waals surface area contributed by atoms with Gasteiger partial charge in [0.1, 0.15) is 5.75 Å². The Bertz CT molecular complexity index is 380. The average molecular weight is 284 g/mol. The summed E-state index contributed by atoms with van der Waals surface area (Å²) in [6.07, 6.45) is 1.30. The summed E-state index contributed by atoms with van der Waals surface area (Å²) in [4.78, 5) is 0. The highest BCUT2D eigenvalue weighted by Crippen LogP contribution is 2.34. The molecule has 2 nitrogen and oxygen atoms in total. The maximum atomic E-state index is 5.19. The number of hydrogen-bond acceptors (Lipinski definition) is 2. The van der Waals surface area contributed by atoms with Crippen molar-refractivity contribution >= 4 is 15.9 Å². The Morgan fingerprint density at radius 1 is 1.50 bits per heavy atom. The van der Waals surface area contributed by atoms with Crippen LogP contribution in [0.2, 0.25) is 0 Å². The van der Waals surface area contributed by atoms with Gasteiger partial charge < -0.3 is 10.1 Å². The van der Waals surface area contributed by atoms with Gasteiger partial charge in [0.05, 0.1) is 7.11 Å². The maximum Gasteiger partial charge on any atom is 0.120 e. The lowest BCUT2D eigenvalue weighted by Crippen LogP contribution is -2.22. The molecule has 88 valence electrons. The van der Waals surface area contributed by atoms with Crippen LogP contribution in [0.1, 0.15) is 31.9 Å². The highest BCUT2D eigenvalue weighted by Gasteiger charge is 2.33. The van der Waals surface area contributed by atoms with E-state index in [-0.39, 0.29) is 0 Å². The van der Waals surface area contributed by atoms with Crippen molar-refractivity contribution in [2.24, 2.45) is 5.92 Å². The SMILES string of the molecule is COc1ccc(C(C)NC2CC2C)c(Br)c1. The minimum Gasteiger partial charge on any atom is -0.497 e. The Labute approximate surface area is 106 Å². The van der Waals surface area contributed by atoms with E-state index in [0.717, 1.165) is 16.1 Å². The van der Waals surface area contributed by atoms with Gasteiger partial charge in [-0.2, -0.15) is 0 Å². The molecule has 2 rings (SSSR count). The van der Waals surface area contributed by atoms with E-state index in [1.165, 1.54) is 12.0 Å². The fraction of sp³-hybridized carbons (Fsp3) is 0.538. The highest BCUT2D eigenvalue weighted by molar-refractivity contribution is 9.10. The van der Waals surface area contributed by atoms with Crippen LogP contribution in [0.3, 0.4) is 0 Å². The first-order chi connectivity index (χ1) is 7.61. The van der Waals surface area contributed by atoms with Gasteiger partial charge in [-0.05, 0) is 37.0 Å². The van der Waals surface area contributed by atoms with Crippen molar-refractivity contribution in [2.75, 3.05) is 7.11 Å². The molecule has 1 aliphatic rings. The molecule has 1 fully saturated rings. The Kier molecular flexibility index (Phi) is 3.55. The third-order valence-electron chi connectivity index (χ3n) is 3.25. The Hall–Kier alpha value is -0.540. The van der Waals surface area contributed by atoms with Crippen molar-refractivity contribution in [3.05, 3.63) is 28.2 Å². The van der Waals surface area contributed by atoms with Crippen LogP contribution in [0.4, 0.5) is 0 Å². The third kappa shape index (κ3) is 2.58. The number of halogens is 1. The first-order valence-corrected chi connectivity index (χ1v) is 6.50. The first-order valence-electron chi connectivity index (χ1n) is 5.71. The molecule has 0 spiro atoms. The Balaban J connectivity index is 2.07. The summed E-state index contributed by atoms with van der Waals surface area (Å²) in [5.74, 6) is 1.72. The number of hydrogen-bond donors (Lipinski definition) is 1. The minimum atomic E-state index is 0.384. The summed E-state index contributed by atoms with van der Waals surface area (Å²) in [5.41, 5.74) is 1.29. The molecule has 3 unspecified atom stereocenters. The van der Waals surface area contributed by atoms with Gasteiger partial charge in [0, 0.05) is 16.6 Å². The van der Waals surface area contributed by atoms with E-state index in [0.29, 0.717) is 12.1 Å². The van der Waals surface area contributed by atoms with E-state index < -0.39 is 0 Å². The fourth-order valence-electron chi connectivity index (χ4n) is 1.95. The zero-order chi connectivity index (χ0) is 11.7. The molecule has 0 aromatic heterocycles. The molecular weight excluding hydrogens is 266 g/mol. The fourth-order valence-corrected chi connectivity index (χ4v) is 2.65. The summed E-state index contributed by atoms with van der Waals surface area (Å²) in [7, 11) is 1.69. The van der Waals surface area contributed by atoms with Crippen LogP contribution in [0, 0.1) is 5.92 Å². The van der Waals surface area contributed by atoms with Crippen LogP contribution in [0.5, 0.6) is 5.75 Å². The standard InChI is InChI=1S/C13H18BrNO/c1-8-6-13(8)15-9(2)11-5-4-10(16-3)7-12(11)14/h4-5,7-9,13,15H,6H2,1-3H3. The maximum absolute atomic E-state index is 5.19. The van der Waals surface area contributed by atoms with Gasteiger partial charge in [0.2, 0.25) is 0 Å². The van der Waals surface area contributed by atoms with Crippen LogP contribution in [0.25, 0.3) is 0 Å². The topological polar surface area (TPSA) is 21.3 Å². The molecule has 1 saturated carbocycles. The molecule has 3 heteroatoms. The van der Waals surface area contributed by atoms with Crippen molar-refractivity contribution in [1.29, 1.82) is 0 Å². The van der Waals surface area contributed by atoms with Crippen molar-refractivity contribution in [3.8, 4) is 5.75 Å². The van der Waals surface area contributed by atoms with Crippen molar-refractivity contribution in [3.63, 3.8) is 0 Å². The van der Waals surface area contributed by atoms with E-state index in [1.54, 1.807) is 7.11 Å². The van der Waals surface area contributed by atoms with Crippen LogP contribution in [-0.4, -0.2) is 13.2 Å². The second-order valence-corrected chi connectivity index (χ2v) is 5.45. The van der Waals surface area contributed by atoms with E-state index in [9.17, 15) is 0 Å². The minimum absolute atomic E-state index is 0.384. The molecule has 1 aromatic carbocycles. The van der Waals surface area contributed by atoms with Crippen LogP contribution >= 0.6 is 15.9 Å². The van der Waals surface area contributed by atoms with E-state index >= 15 is 0 Å². The second-order valence-electron chi connectivity index (χ2n) is 4.60. The quantitative estimate of drug-likeness (QED) is 0.913. The molecule has 1 aromatic rings. The molecular formula is C13H18BrNO. The molecule has 0 heterocycles. The number of methoxy groups -OCH3 is 1. The lowest BCUT2D eigenvalue weighted by atomic mass is 10.1. The zero-order valence-electron chi connectivity index (χ0n) is 9.96. The molecule has 0 amide bonds. The normalized spacial score (nSPS) is 25.2. The number of rotatable bonds is 4. The first kappa shape index (κ1) is 11.9. The van der Waals surface area contributed by atoms with E-state index in [4.69, 9.17) is 4.74 Å². The second kappa shape index (κ2) is 4.76.